The third-order valence-electron chi connectivity index (χ3n) is 3.41. The first-order chi connectivity index (χ1) is 7.58. The van der Waals surface area contributed by atoms with Crippen LogP contribution >= 0.6 is 0 Å². The number of hydrogen-bond donors (Lipinski definition) is 1. The summed E-state index contributed by atoms with van der Waals surface area (Å²) in [7, 11) is 0. The summed E-state index contributed by atoms with van der Waals surface area (Å²) in [6.45, 7) is 4.27. The molecule has 0 aliphatic heterocycles. The normalized spacial score (nSPS) is 18.2. The fourth-order valence-corrected chi connectivity index (χ4v) is 2.04. The summed E-state index contributed by atoms with van der Waals surface area (Å²) < 4.78 is 2.00. The summed E-state index contributed by atoms with van der Waals surface area (Å²) in [6.07, 6.45) is 4.32. The highest BCUT2D eigenvalue weighted by molar-refractivity contribution is 5.79. The van der Waals surface area contributed by atoms with E-state index in [1.54, 1.807) is 0 Å². The molecule has 3 rings (SSSR count). The van der Waals surface area contributed by atoms with Crippen LogP contribution in [0, 0.1) is 0 Å². The minimum Gasteiger partial charge on any atom is -0.321 e. The number of aromatic nitrogens is 2. The molecule has 1 aliphatic rings. The molecule has 2 N–H and O–H groups in total. The Morgan fingerprint density at radius 3 is 2.75 bits per heavy atom. The van der Waals surface area contributed by atoms with Gasteiger partial charge in [0.05, 0.1) is 5.52 Å². The van der Waals surface area contributed by atoms with Gasteiger partial charge in [0.15, 0.2) is 0 Å². The standard InChI is InChI=1S/C13H17N3/c1-9(2)16-8-10-7-11(13(14)5-6-13)3-4-12(10)15-16/h3-4,7-9H,5-6,14H2,1-2H3. The van der Waals surface area contributed by atoms with Gasteiger partial charge in [-0.05, 0) is 44.4 Å². The van der Waals surface area contributed by atoms with Gasteiger partial charge >= 0.3 is 0 Å². The molecule has 0 spiro atoms. The van der Waals surface area contributed by atoms with Gasteiger partial charge in [-0.1, -0.05) is 6.07 Å². The molecule has 3 heteroatoms. The lowest BCUT2D eigenvalue weighted by molar-refractivity contribution is 0.537. The van der Waals surface area contributed by atoms with Crippen LogP contribution in [0.4, 0.5) is 0 Å². The van der Waals surface area contributed by atoms with E-state index < -0.39 is 0 Å². The smallest absolute Gasteiger partial charge is 0.0923 e. The van der Waals surface area contributed by atoms with Crippen molar-refractivity contribution in [2.24, 2.45) is 5.73 Å². The Morgan fingerprint density at radius 2 is 2.12 bits per heavy atom. The molecule has 1 heterocycles. The molecule has 1 aliphatic carbocycles. The zero-order valence-corrected chi connectivity index (χ0v) is 9.77. The zero-order valence-electron chi connectivity index (χ0n) is 9.77. The van der Waals surface area contributed by atoms with Gasteiger partial charge in [-0.3, -0.25) is 4.68 Å². The summed E-state index contributed by atoms with van der Waals surface area (Å²) >= 11 is 0. The Balaban J connectivity index is 2.10. The van der Waals surface area contributed by atoms with Crippen LogP contribution in [0.15, 0.2) is 24.4 Å². The van der Waals surface area contributed by atoms with Gasteiger partial charge in [0.2, 0.25) is 0 Å². The SMILES string of the molecule is CC(C)n1cc2cc(C3(N)CC3)ccc2n1. The predicted octanol–water partition coefficient (Wildman–Crippen LogP) is 2.57. The highest BCUT2D eigenvalue weighted by atomic mass is 15.3. The molecular weight excluding hydrogens is 198 g/mol. The molecule has 0 radical (unpaired) electrons. The Morgan fingerprint density at radius 1 is 1.38 bits per heavy atom. The Hall–Kier alpha value is -1.35. The minimum atomic E-state index is -0.0475. The summed E-state index contributed by atoms with van der Waals surface area (Å²) in [6, 6.07) is 6.79. The second-order valence-electron chi connectivity index (χ2n) is 5.13. The fraction of sp³-hybridized carbons (Fsp3) is 0.462. The molecule has 3 nitrogen and oxygen atoms in total. The van der Waals surface area contributed by atoms with E-state index in [1.807, 2.05) is 4.68 Å². The lowest BCUT2D eigenvalue weighted by atomic mass is 10.0. The Bertz CT molecular complexity index is 535. The van der Waals surface area contributed by atoms with Crippen molar-refractivity contribution in [3.05, 3.63) is 30.0 Å². The van der Waals surface area contributed by atoms with Crippen LogP contribution < -0.4 is 5.73 Å². The maximum Gasteiger partial charge on any atom is 0.0923 e. The van der Waals surface area contributed by atoms with E-state index >= 15 is 0 Å². The number of nitrogens with zero attached hydrogens (tertiary/aromatic N) is 2. The van der Waals surface area contributed by atoms with Crippen LogP contribution in [0.5, 0.6) is 0 Å². The van der Waals surface area contributed by atoms with Crippen molar-refractivity contribution >= 4 is 10.9 Å². The van der Waals surface area contributed by atoms with Gasteiger partial charge < -0.3 is 5.73 Å². The molecular formula is C13H17N3. The lowest BCUT2D eigenvalue weighted by Crippen LogP contribution is -2.18. The first-order valence-electron chi connectivity index (χ1n) is 5.87. The van der Waals surface area contributed by atoms with Crippen LogP contribution in [-0.4, -0.2) is 9.78 Å². The molecule has 1 aromatic heterocycles. The first kappa shape index (κ1) is 9.85. The molecule has 2 aromatic rings. The lowest BCUT2D eigenvalue weighted by Gasteiger charge is -2.07. The first-order valence-corrected chi connectivity index (χ1v) is 5.87. The van der Waals surface area contributed by atoms with E-state index in [0.717, 1.165) is 18.4 Å². The van der Waals surface area contributed by atoms with Crippen molar-refractivity contribution in [1.82, 2.24) is 9.78 Å². The molecule has 1 fully saturated rings. The molecule has 16 heavy (non-hydrogen) atoms. The van der Waals surface area contributed by atoms with Crippen LogP contribution in [0.1, 0.15) is 38.3 Å². The quantitative estimate of drug-likeness (QED) is 0.836. The second kappa shape index (κ2) is 3.08. The van der Waals surface area contributed by atoms with Crippen LogP contribution in [0.2, 0.25) is 0 Å². The zero-order chi connectivity index (χ0) is 11.3. The molecule has 0 unspecified atom stereocenters. The Kier molecular flexibility index (Phi) is 1.89. The summed E-state index contributed by atoms with van der Waals surface area (Å²) in [5.41, 5.74) is 8.46. The van der Waals surface area contributed by atoms with Crippen LogP contribution in [0.3, 0.4) is 0 Å². The Labute approximate surface area is 95.2 Å². The van der Waals surface area contributed by atoms with E-state index in [0.29, 0.717) is 6.04 Å². The van der Waals surface area contributed by atoms with E-state index in [1.165, 1.54) is 10.9 Å². The highest BCUT2D eigenvalue weighted by Gasteiger charge is 2.39. The fourth-order valence-electron chi connectivity index (χ4n) is 2.04. The number of benzene rings is 1. The number of rotatable bonds is 2. The molecule has 0 atom stereocenters. The van der Waals surface area contributed by atoms with Gasteiger partial charge in [-0.25, -0.2) is 0 Å². The maximum absolute atomic E-state index is 6.20. The molecule has 0 bridgehead atoms. The van der Waals surface area contributed by atoms with E-state index in [2.05, 4.69) is 43.3 Å². The van der Waals surface area contributed by atoms with Gasteiger partial charge in [-0.2, -0.15) is 5.10 Å². The number of hydrogen-bond acceptors (Lipinski definition) is 2. The summed E-state index contributed by atoms with van der Waals surface area (Å²) in [4.78, 5) is 0. The van der Waals surface area contributed by atoms with Crippen molar-refractivity contribution in [3.8, 4) is 0 Å². The number of fused-ring (bicyclic) bond motifs is 1. The van der Waals surface area contributed by atoms with Crippen molar-refractivity contribution in [3.63, 3.8) is 0 Å². The molecule has 1 saturated carbocycles. The molecule has 84 valence electrons. The van der Waals surface area contributed by atoms with Gasteiger partial charge in [0, 0.05) is 23.2 Å². The second-order valence-corrected chi connectivity index (χ2v) is 5.13. The van der Waals surface area contributed by atoms with Crippen molar-refractivity contribution in [2.75, 3.05) is 0 Å². The van der Waals surface area contributed by atoms with Gasteiger partial charge in [0.1, 0.15) is 0 Å². The average Bonchev–Trinajstić information content (AvgIpc) is 2.86. The van der Waals surface area contributed by atoms with Crippen LogP contribution in [0.25, 0.3) is 10.9 Å². The van der Waals surface area contributed by atoms with Gasteiger partial charge in [0.25, 0.3) is 0 Å². The highest BCUT2D eigenvalue weighted by Crippen LogP contribution is 2.43. The largest absolute Gasteiger partial charge is 0.321 e. The summed E-state index contributed by atoms with van der Waals surface area (Å²) in [5, 5.41) is 5.73. The average molecular weight is 215 g/mol. The third kappa shape index (κ3) is 1.43. The van der Waals surface area contributed by atoms with E-state index in [4.69, 9.17) is 5.73 Å². The van der Waals surface area contributed by atoms with Crippen molar-refractivity contribution < 1.29 is 0 Å². The molecule has 0 amide bonds. The van der Waals surface area contributed by atoms with Crippen molar-refractivity contribution in [2.45, 2.75) is 38.3 Å². The number of nitrogens with two attached hydrogens (primary N) is 1. The van der Waals surface area contributed by atoms with Gasteiger partial charge in [-0.15, -0.1) is 0 Å². The van der Waals surface area contributed by atoms with Crippen LogP contribution in [-0.2, 0) is 5.54 Å². The van der Waals surface area contributed by atoms with Crippen molar-refractivity contribution in [1.29, 1.82) is 0 Å². The summed E-state index contributed by atoms with van der Waals surface area (Å²) in [5.74, 6) is 0. The molecule has 0 saturated heterocycles. The monoisotopic (exact) mass is 215 g/mol. The third-order valence-corrected chi connectivity index (χ3v) is 3.41. The maximum atomic E-state index is 6.20. The van der Waals surface area contributed by atoms with E-state index in [-0.39, 0.29) is 5.54 Å². The van der Waals surface area contributed by atoms with E-state index in [9.17, 15) is 0 Å². The molecule has 1 aromatic carbocycles. The predicted molar refractivity (Wildman–Crippen MR) is 65.2 cm³/mol. The topological polar surface area (TPSA) is 43.8 Å². The minimum absolute atomic E-state index is 0.0475.